The molecule has 1 aliphatic heterocycles. The van der Waals surface area contributed by atoms with Crippen LogP contribution in [0.3, 0.4) is 0 Å². The number of carbonyl (C=O) groups excluding carboxylic acids is 1. The Labute approximate surface area is 160 Å². The molecule has 1 heterocycles. The molecule has 150 valence electrons. The van der Waals surface area contributed by atoms with E-state index >= 15 is 0 Å². The topological polar surface area (TPSA) is 99.1 Å². The Morgan fingerprint density at radius 1 is 1.41 bits per heavy atom. The average molecular weight is 378 g/mol. The summed E-state index contributed by atoms with van der Waals surface area (Å²) in [6.07, 6.45) is -1.14. The highest BCUT2D eigenvalue weighted by molar-refractivity contribution is 5.79. The van der Waals surface area contributed by atoms with Gasteiger partial charge in [0, 0.05) is 13.0 Å². The van der Waals surface area contributed by atoms with E-state index in [0.29, 0.717) is 18.6 Å². The molecule has 1 aromatic carbocycles. The number of carbonyl (C=O) groups is 2. The molecule has 2 rings (SSSR count). The molecule has 0 bridgehead atoms. The standard InChI is InChI=1S/C20H30N2O5/c1-12-13(7-6-8-15(12)27-5)18(24)14-9-10-17(23)22(14)16(20(2,3)4)11-21-19(25)26/h6-8,14,16,18,21,24H,9-11H2,1-5H3,(H,25,26). The third-order valence-electron chi connectivity index (χ3n) is 5.31. The van der Waals surface area contributed by atoms with Gasteiger partial charge in [-0.05, 0) is 36.0 Å². The molecule has 3 N–H and O–H groups in total. The highest BCUT2D eigenvalue weighted by atomic mass is 16.5. The number of likely N-dealkylation sites (tertiary alicyclic amines) is 1. The minimum Gasteiger partial charge on any atom is -0.496 e. The van der Waals surface area contributed by atoms with Crippen LogP contribution in [0.1, 0.15) is 50.8 Å². The molecule has 27 heavy (non-hydrogen) atoms. The lowest BCUT2D eigenvalue weighted by Gasteiger charge is -2.42. The van der Waals surface area contributed by atoms with Gasteiger partial charge in [0.2, 0.25) is 5.91 Å². The van der Waals surface area contributed by atoms with E-state index in [1.807, 2.05) is 45.9 Å². The van der Waals surface area contributed by atoms with Crippen LogP contribution in [0.25, 0.3) is 0 Å². The molecule has 2 amide bonds. The SMILES string of the molecule is COc1cccc(C(O)C2CCC(=O)N2C(CNC(=O)O)C(C)(C)C)c1C. The Hall–Kier alpha value is -2.28. The van der Waals surface area contributed by atoms with Gasteiger partial charge in [-0.15, -0.1) is 0 Å². The monoisotopic (exact) mass is 378 g/mol. The highest BCUT2D eigenvalue weighted by Gasteiger charge is 2.44. The maximum Gasteiger partial charge on any atom is 0.404 e. The first-order valence-corrected chi connectivity index (χ1v) is 9.17. The quantitative estimate of drug-likeness (QED) is 0.707. The average Bonchev–Trinajstić information content (AvgIpc) is 2.95. The van der Waals surface area contributed by atoms with Gasteiger partial charge in [-0.2, -0.15) is 0 Å². The molecule has 7 nitrogen and oxygen atoms in total. The fraction of sp³-hybridized carbons (Fsp3) is 0.600. The number of rotatable bonds is 6. The van der Waals surface area contributed by atoms with E-state index in [-0.39, 0.29) is 23.9 Å². The summed E-state index contributed by atoms with van der Waals surface area (Å²) < 4.78 is 5.35. The van der Waals surface area contributed by atoms with Crippen molar-refractivity contribution in [2.24, 2.45) is 5.41 Å². The summed E-state index contributed by atoms with van der Waals surface area (Å²) in [5.41, 5.74) is 1.20. The second-order valence-electron chi connectivity index (χ2n) is 8.09. The van der Waals surface area contributed by atoms with Crippen molar-refractivity contribution in [3.8, 4) is 5.75 Å². The Morgan fingerprint density at radius 2 is 2.07 bits per heavy atom. The Bertz CT molecular complexity index is 698. The molecule has 0 spiro atoms. The van der Waals surface area contributed by atoms with Gasteiger partial charge in [0.15, 0.2) is 0 Å². The second-order valence-corrected chi connectivity index (χ2v) is 8.09. The number of carboxylic acid groups (broad SMARTS) is 1. The first kappa shape index (κ1) is 21.0. The fourth-order valence-electron chi connectivity index (χ4n) is 3.83. The smallest absolute Gasteiger partial charge is 0.404 e. The number of aliphatic hydroxyl groups excluding tert-OH is 1. The zero-order valence-electron chi connectivity index (χ0n) is 16.7. The summed E-state index contributed by atoms with van der Waals surface area (Å²) in [5.74, 6) is 0.619. The van der Waals surface area contributed by atoms with Crippen LogP contribution in [-0.4, -0.2) is 52.9 Å². The third-order valence-corrected chi connectivity index (χ3v) is 5.31. The third kappa shape index (κ3) is 4.53. The number of nitrogens with zero attached hydrogens (tertiary/aromatic N) is 1. The van der Waals surface area contributed by atoms with Crippen molar-refractivity contribution in [2.45, 2.75) is 58.7 Å². The minimum absolute atomic E-state index is 0.0632. The fourth-order valence-corrected chi connectivity index (χ4v) is 3.83. The van der Waals surface area contributed by atoms with Crippen molar-refractivity contribution in [2.75, 3.05) is 13.7 Å². The van der Waals surface area contributed by atoms with Crippen LogP contribution >= 0.6 is 0 Å². The van der Waals surface area contributed by atoms with E-state index in [0.717, 1.165) is 11.1 Å². The molecule has 1 aliphatic rings. The van der Waals surface area contributed by atoms with E-state index < -0.39 is 18.2 Å². The molecular weight excluding hydrogens is 348 g/mol. The van der Waals surface area contributed by atoms with E-state index in [2.05, 4.69) is 5.32 Å². The summed E-state index contributed by atoms with van der Waals surface area (Å²) in [5, 5.41) is 22.5. The molecule has 0 aliphatic carbocycles. The Balaban J connectivity index is 2.37. The molecule has 0 saturated carbocycles. The number of ether oxygens (including phenoxy) is 1. The number of methoxy groups -OCH3 is 1. The lowest BCUT2D eigenvalue weighted by Crippen LogP contribution is -2.55. The first-order chi connectivity index (χ1) is 12.6. The summed E-state index contributed by atoms with van der Waals surface area (Å²) in [7, 11) is 1.58. The van der Waals surface area contributed by atoms with Gasteiger partial charge in [0.1, 0.15) is 5.75 Å². The Kier molecular flexibility index (Phi) is 6.36. The molecule has 0 radical (unpaired) electrons. The molecule has 3 unspecified atom stereocenters. The van der Waals surface area contributed by atoms with Gasteiger partial charge < -0.3 is 25.2 Å². The first-order valence-electron chi connectivity index (χ1n) is 9.17. The van der Waals surface area contributed by atoms with Crippen molar-refractivity contribution in [3.05, 3.63) is 29.3 Å². The predicted octanol–water partition coefficient (Wildman–Crippen LogP) is 2.71. The van der Waals surface area contributed by atoms with Crippen molar-refractivity contribution in [3.63, 3.8) is 0 Å². The van der Waals surface area contributed by atoms with Gasteiger partial charge >= 0.3 is 6.09 Å². The van der Waals surface area contributed by atoms with Crippen LogP contribution in [0.5, 0.6) is 5.75 Å². The van der Waals surface area contributed by atoms with Gasteiger partial charge in [0.05, 0.1) is 25.3 Å². The molecule has 3 atom stereocenters. The van der Waals surface area contributed by atoms with Gasteiger partial charge in [-0.3, -0.25) is 4.79 Å². The number of hydrogen-bond acceptors (Lipinski definition) is 4. The summed E-state index contributed by atoms with van der Waals surface area (Å²) in [4.78, 5) is 25.4. The van der Waals surface area contributed by atoms with Crippen molar-refractivity contribution >= 4 is 12.0 Å². The maximum absolute atomic E-state index is 12.7. The largest absolute Gasteiger partial charge is 0.496 e. The van der Waals surface area contributed by atoms with Crippen molar-refractivity contribution in [1.29, 1.82) is 0 Å². The number of benzene rings is 1. The van der Waals surface area contributed by atoms with E-state index in [9.17, 15) is 14.7 Å². The van der Waals surface area contributed by atoms with E-state index in [4.69, 9.17) is 9.84 Å². The van der Waals surface area contributed by atoms with E-state index in [1.54, 1.807) is 12.0 Å². The Morgan fingerprint density at radius 3 is 2.63 bits per heavy atom. The summed E-state index contributed by atoms with van der Waals surface area (Å²) in [6.45, 7) is 7.89. The van der Waals surface area contributed by atoms with Crippen molar-refractivity contribution in [1.82, 2.24) is 10.2 Å². The van der Waals surface area contributed by atoms with Crippen LogP contribution in [0.4, 0.5) is 4.79 Å². The summed E-state index contributed by atoms with van der Waals surface area (Å²) >= 11 is 0. The van der Waals surface area contributed by atoms with Crippen LogP contribution in [0.15, 0.2) is 18.2 Å². The lowest BCUT2D eigenvalue weighted by molar-refractivity contribution is -0.135. The van der Waals surface area contributed by atoms with Gasteiger partial charge in [0.25, 0.3) is 0 Å². The van der Waals surface area contributed by atoms with Crippen LogP contribution in [0.2, 0.25) is 0 Å². The van der Waals surface area contributed by atoms with Gasteiger partial charge in [-0.1, -0.05) is 32.9 Å². The zero-order valence-corrected chi connectivity index (χ0v) is 16.7. The minimum atomic E-state index is -1.13. The number of nitrogens with one attached hydrogen (secondary N) is 1. The number of amides is 2. The molecule has 1 fully saturated rings. The van der Waals surface area contributed by atoms with Gasteiger partial charge in [-0.25, -0.2) is 4.79 Å². The molecule has 1 aromatic rings. The predicted molar refractivity (Wildman–Crippen MR) is 102 cm³/mol. The van der Waals surface area contributed by atoms with E-state index in [1.165, 1.54) is 0 Å². The normalized spacial score (nSPS) is 19.7. The summed E-state index contributed by atoms with van der Waals surface area (Å²) in [6, 6.07) is 4.71. The van der Waals surface area contributed by atoms with Crippen LogP contribution in [-0.2, 0) is 4.79 Å². The zero-order chi connectivity index (χ0) is 20.4. The molecule has 1 saturated heterocycles. The van der Waals surface area contributed by atoms with Crippen LogP contribution < -0.4 is 10.1 Å². The highest BCUT2D eigenvalue weighted by Crippen LogP contribution is 2.38. The second kappa shape index (κ2) is 8.17. The lowest BCUT2D eigenvalue weighted by atomic mass is 9.84. The number of hydrogen-bond donors (Lipinski definition) is 3. The van der Waals surface area contributed by atoms with Crippen molar-refractivity contribution < 1.29 is 24.5 Å². The maximum atomic E-state index is 12.7. The molecule has 0 aromatic heterocycles. The molecular formula is C20H30N2O5. The molecule has 7 heteroatoms. The number of aliphatic hydroxyl groups is 1. The van der Waals surface area contributed by atoms with Crippen LogP contribution in [0, 0.1) is 12.3 Å².